The molecule has 9 nitrogen and oxygen atoms in total. The van der Waals surface area contributed by atoms with Crippen molar-refractivity contribution in [2.45, 2.75) is 13.8 Å². The smallest absolute Gasteiger partial charge is 0.343 e. The van der Waals surface area contributed by atoms with Crippen LogP contribution in [0.25, 0.3) is 11.3 Å². The van der Waals surface area contributed by atoms with Crippen LogP contribution in [-0.2, 0) is 11.8 Å². The summed E-state index contributed by atoms with van der Waals surface area (Å²) in [5, 5.41) is 10.1. The lowest BCUT2D eigenvalue weighted by Gasteiger charge is -2.11. The summed E-state index contributed by atoms with van der Waals surface area (Å²) >= 11 is 0. The van der Waals surface area contributed by atoms with Gasteiger partial charge in [0.25, 0.3) is 5.91 Å². The number of nitrogens with zero attached hydrogens (tertiary/aromatic N) is 4. The molecule has 0 saturated carbocycles. The Morgan fingerprint density at radius 2 is 1.82 bits per heavy atom. The van der Waals surface area contributed by atoms with E-state index in [-0.39, 0.29) is 23.9 Å². The van der Waals surface area contributed by atoms with Crippen molar-refractivity contribution in [2.24, 2.45) is 7.05 Å². The third-order valence-corrected chi connectivity index (χ3v) is 4.97. The second kappa shape index (κ2) is 9.95. The van der Waals surface area contributed by atoms with Crippen molar-refractivity contribution in [2.75, 3.05) is 17.2 Å². The van der Waals surface area contributed by atoms with Gasteiger partial charge in [-0.15, -0.1) is 0 Å². The molecule has 34 heavy (non-hydrogen) atoms. The summed E-state index contributed by atoms with van der Waals surface area (Å²) in [6, 6.07) is 18.7. The third-order valence-electron chi connectivity index (χ3n) is 4.97. The first-order valence-electron chi connectivity index (χ1n) is 10.7. The van der Waals surface area contributed by atoms with Crippen molar-refractivity contribution in [1.82, 2.24) is 19.7 Å². The van der Waals surface area contributed by atoms with Gasteiger partial charge in [0.15, 0.2) is 0 Å². The molecule has 0 spiro atoms. The molecule has 2 N–H and O–H groups in total. The minimum Gasteiger partial charge on any atom is -0.462 e. The number of carbonyl (C=O) groups is 2. The summed E-state index contributed by atoms with van der Waals surface area (Å²) in [4.78, 5) is 34.1. The Bertz CT molecular complexity index is 1330. The average Bonchev–Trinajstić information content (AvgIpc) is 3.19. The van der Waals surface area contributed by atoms with Crippen LogP contribution in [-0.4, -0.2) is 38.2 Å². The van der Waals surface area contributed by atoms with E-state index < -0.39 is 5.97 Å². The number of nitrogens with one attached hydrogen (secondary N) is 2. The Labute approximate surface area is 196 Å². The van der Waals surface area contributed by atoms with Crippen LogP contribution in [0.1, 0.15) is 33.5 Å². The van der Waals surface area contributed by atoms with Crippen molar-refractivity contribution >= 4 is 29.2 Å². The van der Waals surface area contributed by atoms with Gasteiger partial charge in [-0.05, 0) is 32.0 Å². The van der Waals surface area contributed by atoms with E-state index >= 15 is 0 Å². The second-order valence-corrected chi connectivity index (χ2v) is 7.46. The molecule has 2 aromatic carbocycles. The van der Waals surface area contributed by atoms with Gasteiger partial charge in [-0.3, -0.25) is 9.48 Å². The lowest BCUT2D eigenvalue weighted by molar-refractivity contribution is 0.0527. The van der Waals surface area contributed by atoms with E-state index in [0.29, 0.717) is 22.9 Å². The van der Waals surface area contributed by atoms with E-state index in [1.165, 1.54) is 10.9 Å². The van der Waals surface area contributed by atoms with Gasteiger partial charge in [0.1, 0.15) is 23.0 Å². The monoisotopic (exact) mass is 456 g/mol. The largest absolute Gasteiger partial charge is 0.462 e. The lowest BCUT2D eigenvalue weighted by atomic mass is 10.1. The molecule has 4 aromatic rings. The topological polar surface area (TPSA) is 111 Å². The van der Waals surface area contributed by atoms with Crippen LogP contribution in [0, 0.1) is 6.92 Å². The molecule has 0 radical (unpaired) electrons. The van der Waals surface area contributed by atoms with Crippen molar-refractivity contribution in [1.29, 1.82) is 0 Å². The SMILES string of the molecule is CCOC(=O)c1cnn(C)c1NC(=O)c1cccc(Nc2cc(-c3ccccc3)nc(C)n2)c1. The van der Waals surface area contributed by atoms with Crippen LogP contribution in [0.5, 0.6) is 0 Å². The van der Waals surface area contributed by atoms with Gasteiger partial charge >= 0.3 is 5.97 Å². The van der Waals surface area contributed by atoms with E-state index in [1.807, 2.05) is 49.4 Å². The summed E-state index contributed by atoms with van der Waals surface area (Å²) in [6.45, 7) is 3.77. The molecule has 0 aliphatic carbocycles. The zero-order valence-corrected chi connectivity index (χ0v) is 19.1. The first kappa shape index (κ1) is 22.7. The van der Waals surface area contributed by atoms with Gasteiger partial charge < -0.3 is 15.4 Å². The van der Waals surface area contributed by atoms with E-state index in [0.717, 1.165) is 11.3 Å². The molecule has 2 aromatic heterocycles. The molecule has 0 saturated heterocycles. The fourth-order valence-corrected chi connectivity index (χ4v) is 3.40. The normalized spacial score (nSPS) is 10.6. The minimum absolute atomic E-state index is 0.192. The van der Waals surface area contributed by atoms with E-state index in [1.54, 1.807) is 32.2 Å². The number of carbonyl (C=O) groups excluding carboxylic acids is 2. The molecule has 0 fully saturated rings. The van der Waals surface area contributed by atoms with Crippen molar-refractivity contribution in [3.05, 3.63) is 83.8 Å². The number of ether oxygens (including phenoxy) is 1. The van der Waals surface area contributed by atoms with E-state index in [4.69, 9.17) is 4.74 Å². The Morgan fingerprint density at radius 3 is 2.59 bits per heavy atom. The Morgan fingerprint density at radius 1 is 1.03 bits per heavy atom. The van der Waals surface area contributed by atoms with Gasteiger partial charge in [-0.1, -0.05) is 36.4 Å². The molecular formula is C25H24N6O3. The first-order valence-corrected chi connectivity index (χ1v) is 10.7. The van der Waals surface area contributed by atoms with E-state index in [9.17, 15) is 9.59 Å². The molecule has 0 atom stereocenters. The van der Waals surface area contributed by atoms with Gasteiger partial charge in [0.05, 0.1) is 18.5 Å². The maximum absolute atomic E-state index is 12.9. The van der Waals surface area contributed by atoms with Crippen molar-refractivity contribution in [3.63, 3.8) is 0 Å². The number of aryl methyl sites for hydroxylation is 2. The van der Waals surface area contributed by atoms with Gasteiger partial charge in [-0.25, -0.2) is 14.8 Å². The molecular weight excluding hydrogens is 432 g/mol. The third kappa shape index (κ3) is 5.09. The number of hydrogen-bond donors (Lipinski definition) is 2. The fourth-order valence-electron chi connectivity index (χ4n) is 3.40. The number of esters is 1. The fraction of sp³-hybridized carbons (Fsp3) is 0.160. The van der Waals surface area contributed by atoms with Gasteiger partial charge in [0, 0.05) is 29.9 Å². The highest BCUT2D eigenvalue weighted by molar-refractivity contribution is 6.07. The van der Waals surface area contributed by atoms with Crippen LogP contribution >= 0.6 is 0 Å². The molecule has 2 heterocycles. The minimum atomic E-state index is -0.547. The number of amides is 1. The Kier molecular flexibility index (Phi) is 6.63. The number of rotatable bonds is 7. The van der Waals surface area contributed by atoms with Crippen LogP contribution in [0.2, 0.25) is 0 Å². The highest BCUT2D eigenvalue weighted by Crippen LogP contribution is 2.23. The predicted octanol–water partition coefficient (Wildman–Crippen LogP) is 4.36. The number of aromatic nitrogens is 4. The Balaban J connectivity index is 1.55. The predicted molar refractivity (Wildman–Crippen MR) is 129 cm³/mol. The van der Waals surface area contributed by atoms with Crippen LogP contribution in [0.3, 0.4) is 0 Å². The number of hydrogen-bond acceptors (Lipinski definition) is 7. The van der Waals surface area contributed by atoms with Crippen LogP contribution in [0.15, 0.2) is 66.9 Å². The van der Waals surface area contributed by atoms with Crippen LogP contribution < -0.4 is 10.6 Å². The summed E-state index contributed by atoms with van der Waals surface area (Å²) in [5.74, 6) is 0.567. The summed E-state index contributed by atoms with van der Waals surface area (Å²) in [6.07, 6.45) is 1.37. The van der Waals surface area contributed by atoms with Crippen molar-refractivity contribution in [3.8, 4) is 11.3 Å². The number of anilines is 3. The quantitative estimate of drug-likeness (QED) is 0.398. The summed E-state index contributed by atoms with van der Waals surface area (Å²) in [7, 11) is 1.64. The first-order chi connectivity index (χ1) is 16.4. The van der Waals surface area contributed by atoms with E-state index in [2.05, 4.69) is 25.7 Å². The average molecular weight is 457 g/mol. The summed E-state index contributed by atoms with van der Waals surface area (Å²) < 4.78 is 6.46. The molecule has 0 bridgehead atoms. The highest BCUT2D eigenvalue weighted by Gasteiger charge is 2.20. The van der Waals surface area contributed by atoms with Crippen molar-refractivity contribution < 1.29 is 14.3 Å². The molecule has 1 amide bonds. The highest BCUT2D eigenvalue weighted by atomic mass is 16.5. The maximum atomic E-state index is 12.9. The molecule has 172 valence electrons. The maximum Gasteiger partial charge on any atom is 0.343 e. The molecule has 0 aliphatic rings. The zero-order valence-electron chi connectivity index (χ0n) is 19.1. The lowest BCUT2D eigenvalue weighted by Crippen LogP contribution is -2.17. The number of benzene rings is 2. The van der Waals surface area contributed by atoms with Gasteiger partial charge in [0.2, 0.25) is 0 Å². The molecule has 9 heteroatoms. The Hall–Kier alpha value is -4.53. The standard InChI is InChI=1S/C25H24N6O3/c1-4-34-25(33)20-15-26-31(3)23(20)30-24(32)18-11-8-12-19(13-18)29-22-14-21(27-16(2)28-22)17-9-6-5-7-10-17/h5-15H,4H2,1-3H3,(H,30,32)(H,27,28,29). The van der Waals surface area contributed by atoms with Crippen LogP contribution in [0.4, 0.5) is 17.3 Å². The zero-order chi connectivity index (χ0) is 24.1. The molecule has 0 unspecified atom stereocenters. The molecule has 4 rings (SSSR count). The summed E-state index contributed by atoms with van der Waals surface area (Å²) in [5.41, 5.74) is 3.05. The second-order valence-electron chi connectivity index (χ2n) is 7.46. The molecule has 0 aliphatic heterocycles. The van der Waals surface area contributed by atoms with Gasteiger partial charge in [-0.2, -0.15) is 5.10 Å².